The lowest BCUT2D eigenvalue weighted by atomic mass is 9.84. The molecule has 0 radical (unpaired) electrons. The highest BCUT2D eigenvalue weighted by atomic mass is 79.9. The molecule has 1 aromatic heterocycles. The highest BCUT2D eigenvalue weighted by Crippen LogP contribution is 2.30. The van der Waals surface area contributed by atoms with E-state index >= 15 is 0 Å². The molecule has 0 unspecified atom stereocenters. The van der Waals surface area contributed by atoms with Crippen LogP contribution in [0, 0.1) is 11.7 Å². The second kappa shape index (κ2) is 8.20. The van der Waals surface area contributed by atoms with Crippen molar-refractivity contribution in [3.8, 4) is 0 Å². The Bertz CT molecular complexity index is 833. The maximum absolute atomic E-state index is 14.0. The number of nitrogens with one attached hydrogen (secondary N) is 1. The van der Waals surface area contributed by atoms with Gasteiger partial charge in [-0.15, -0.1) is 0 Å². The van der Waals surface area contributed by atoms with Crippen molar-refractivity contribution in [1.29, 1.82) is 0 Å². The average molecular weight is 436 g/mol. The number of morpholine rings is 1. The third-order valence-electron chi connectivity index (χ3n) is 5.63. The molecule has 0 atom stereocenters. The van der Waals surface area contributed by atoms with E-state index < -0.39 is 0 Å². The predicted molar refractivity (Wildman–Crippen MR) is 106 cm³/mol. The third-order valence-corrected chi connectivity index (χ3v) is 6.09. The molecule has 4 rings (SSSR count). The number of halogens is 2. The Morgan fingerprint density at radius 2 is 1.93 bits per heavy atom. The summed E-state index contributed by atoms with van der Waals surface area (Å²) >= 11 is 3.30. The zero-order chi connectivity index (χ0) is 18.8. The molecule has 1 N–H and O–H groups in total. The number of hydrogen-bond donors (Lipinski definition) is 1. The first-order chi connectivity index (χ1) is 13.1. The van der Waals surface area contributed by atoms with E-state index in [9.17, 15) is 9.18 Å². The number of fused-ring (bicyclic) bond motifs is 1. The fraction of sp³-hybridized carbons (Fsp3) is 0.500. The SMILES string of the molecule is O=C(Nc1cc2cc(Br)cc(F)c2cn1)C1CCC(N2CCOCC2)CC1. The minimum atomic E-state index is -0.328. The fourth-order valence-corrected chi connectivity index (χ4v) is 4.57. The second-order valence-corrected chi connectivity index (χ2v) is 8.24. The Morgan fingerprint density at radius 3 is 2.67 bits per heavy atom. The Hall–Kier alpha value is -1.57. The molecule has 1 aliphatic heterocycles. The van der Waals surface area contributed by atoms with Gasteiger partial charge in [-0.05, 0) is 49.3 Å². The molecular weight excluding hydrogens is 413 g/mol. The molecule has 0 spiro atoms. The second-order valence-electron chi connectivity index (χ2n) is 7.32. The molecule has 27 heavy (non-hydrogen) atoms. The summed E-state index contributed by atoms with van der Waals surface area (Å²) in [7, 11) is 0. The van der Waals surface area contributed by atoms with Gasteiger partial charge in [-0.2, -0.15) is 0 Å². The zero-order valence-corrected chi connectivity index (χ0v) is 16.7. The maximum atomic E-state index is 14.0. The van der Waals surface area contributed by atoms with Crippen LogP contribution in [-0.2, 0) is 9.53 Å². The molecule has 2 aromatic rings. The van der Waals surface area contributed by atoms with Crippen LogP contribution in [0.1, 0.15) is 25.7 Å². The summed E-state index contributed by atoms with van der Waals surface area (Å²) in [6, 6.07) is 5.52. The van der Waals surface area contributed by atoms with Crippen molar-refractivity contribution in [2.24, 2.45) is 5.92 Å². The first-order valence-corrected chi connectivity index (χ1v) is 10.3. The summed E-state index contributed by atoms with van der Waals surface area (Å²) in [6.07, 6.45) is 5.34. The largest absolute Gasteiger partial charge is 0.379 e. The Labute approximate surface area is 166 Å². The number of amides is 1. The van der Waals surface area contributed by atoms with Crippen molar-refractivity contribution in [3.63, 3.8) is 0 Å². The summed E-state index contributed by atoms with van der Waals surface area (Å²) in [5.74, 6) is 0.170. The van der Waals surface area contributed by atoms with Gasteiger partial charge in [-0.3, -0.25) is 9.69 Å². The molecule has 2 heterocycles. The van der Waals surface area contributed by atoms with E-state index in [2.05, 4.69) is 31.1 Å². The number of pyridine rings is 1. The third kappa shape index (κ3) is 4.31. The first-order valence-electron chi connectivity index (χ1n) is 9.47. The summed E-state index contributed by atoms with van der Waals surface area (Å²) in [5.41, 5.74) is 0. The van der Waals surface area contributed by atoms with E-state index in [0.717, 1.165) is 52.0 Å². The first kappa shape index (κ1) is 18.8. The average Bonchev–Trinajstić information content (AvgIpc) is 2.68. The minimum Gasteiger partial charge on any atom is -0.379 e. The zero-order valence-electron chi connectivity index (χ0n) is 15.1. The van der Waals surface area contributed by atoms with Crippen LogP contribution in [0.4, 0.5) is 10.2 Å². The smallest absolute Gasteiger partial charge is 0.228 e. The quantitative estimate of drug-likeness (QED) is 0.792. The van der Waals surface area contributed by atoms with Crippen LogP contribution in [0.3, 0.4) is 0 Å². The molecular formula is C20H23BrFN3O2. The predicted octanol–water partition coefficient (Wildman–Crippen LogP) is 3.97. The number of benzene rings is 1. The van der Waals surface area contributed by atoms with Crippen LogP contribution in [0.5, 0.6) is 0 Å². The Balaban J connectivity index is 1.37. The van der Waals surface area contributed by atoms with E-state index in [1.165, 1.54) is 12.3 Å². The van der Waals surface area contributed by atoms with Crippen molar-refractivity contribution in [3.05, 3.63) is 34.7 Å². The van der Waals surface area contributed by atoms with E-state index in [-0.39, 0.29) is 17.6 Å². The molecule has 2 fully saturated rings. The van der Waals surface area contributed by atoms with Crippen LogP contribution in [0.25, 0.3) is 10.8 Å². The van der Waals surface area contributed by atoms with Gasteiger partial charge in [0, 0.05) is 41.1 Å². The van der Waals surface area contributed by atoms with Gasteiger partial charge in [0.25, 0.3) is 0 Å². The number of aromatic nitrogens is 1. The number of carbonyl (C=O) groups excluding carboxylic acids is 1. The van der Waals surface area contributed by atoms with Gasteiger partial charge in [0.2, 0.25) is 5.91 Å². The van der Waals surface area contributed by atoms with Crippen molar-refractivity contribution >= 4 is 38.4 Å². The number of nitrogens with zero attached hydrogens (tertiary/aromatic N) is 2. The fourth-order valence-electron chi connectivity index (χ4n) is 4.12. The van der Waals surface area contributed by atoms with Crippen molar-refractivity contribution in [1.82, 2.24) is 9.88 Å². The van der Waals surface area contributed by atoms with E-state index in [4.69, 9.17) is 4.74 Å². The Morgan fingerprint density at radius 1 is 1.19 bits per heavy atom. The lowest BCUT2D eigenvalue weighted by Crippen LogP contribution is -2.45. The number of anilines is 1. The maximum Gasteiger partial charge on any atom is 0.228 e. The molecule has 1 saturated heterocycles. The van der Waals surface area contributed by atoms with E-state index in [1.54, 1.807) is 6.07 Å². The van der Waals surface area contributed by atoms with Gasteiger partial charge >= 0.3 is 0 Å². The normalized spacial score (nSPS) is 24.1. The van der Waals surface area contributed by atoms with Crippen molar-refractivity contribution < 1.29 is 13.9 Å². The number of hydrogen-bond acceptors (Lipinski definition) is 4. The molecule has 1 aliphatic carbocycles. The molecule has 144 valence electrons. The summed E-state index contributed by atoms with van der Waals surface area (Å²) < 4.78 is 20.0. The van der Waals surface area contributed by atoms with Gasteiger partial charge < -0.3 is 10.1 Å². The molecule has 1 saturated carbocycles. The molecule has 7 heteroatoms. The van der Waals surface area contributed by atoms with E-state index in [1.807, 2.05) is 6.07 Å². The van der Waals surface area contributed by atoms with E-state index in [0.29, 0.717) is 27.1 Å². The van der Waals surface area contributed by atoms with Crippen LogP contribution in [0.15, 0.2) is 28.9 Å². The highest BCUT2D eigenvalue weighted by Gasteiger charge is 2.30. The van der Waals surface area contributed by atoms with Gasteiger partial charge in [-0.25, -0.2) is 9.37 Å². The van der Waals surface area contributed by atoms with Gasteiger partial charge in [0.15, 0.2) is 0 Å². The standard InChI is InChI=1S/C20H23BrFN3O2/c21-15-9-14-10-19(23-12-17(14)18(22)11-15)24-20(26)13-1-3-16(4-2-13)25-5-7-27-8-6-25/h9-13,16H,1-8H2,(H,23,24,26). The molecule has 2 aliphatic rings. The van der Waals surface area contributed by atoms with Gasteiger partial charge in [-0.1, -0.05) is 15.9 Å². The lowest BCUT2D eigenvalue weighted by Gasteiger charge is -2.38. The Kier molecular flexibility index (Phi) is 5.71. The van der Waals surface area contributed by atoms with Crippen LogP contribution >= 0.6 is 15.9 Å². The van der Waals surface area contributed by atoms with Gasteiger partial charge in [0.1, 0.15) is 11.6 Å². The molecule has 0 bridgehead atoms. The number of ether oxygens (including phenoxy) is 1. The van der Waals surface area contributed by atoms with Crippen molar-refractivity contribution in [2.45, 2.75) is 31.7 Å². The molecule has 1 amide bonds. The summed E-state index contributed by atoms with van der Waals surface area (Å²) in [4.78, 5) is 19.4. The summed E-state index contributed by atoms with van der Waals surface area (Å²) in [5, 5.41) is 4.07. The molecule has 5 nitrogen and oxygen atoms in total. The van der Waals surface area contributed by atoms with Crippen LogP contribution in [-0.4, -0.2) is 48.1 Å². The van der Waals surface area contributed by atoms with Crippen LogP contribution in [0.2, 0.25) is 0 Å². The monoisotopic (exact) mass is 435 g/mol. The van der Waals surface area contributed by atoms with Crippen LogP contribution < -0.4 is 5.32 Å². The summed E-state index contributed by atoms with van der Waals surface area (Å²) in [6.45, 7) is 3.61. The minimum absolute atomic E-state index is 0.0118. The molecule has 1 aromatic carbocycles. The lowest BCUT2D eigenvalue weighted by molar-refractivity contribution is -0.121. The van der Waals surface area contributed by atoms with Crippen molar-refractivity contribution in [2.75, 3.05) is 31.6 Å². The number of rotatable bonds is 3. The van der Waals surface area contributed by atoms with Gasteiger partial charge in [0.05, 0.1) is 13.2 Å². The topological polar surface area (TPSA) is 54.5 Å². The highest BCUT2D eigenvalue weighted by molar-refractivity contribution is 9.10. The number of carbonyl (C=O) groups is 1.